The summed E-state index contributed by atoms with van der Waals surface area (Å²) in [6.07, 6.45) is 6.20. The summed E-state index contributed by atoms with van der Waals surface area (Å²) in [6, 6.07) is 13.8. The van der Waals surface area contributed by atoms with Gasteiger partial charge in [-0.05, 0) is 41.0 Å². The number of hydrogen-bond acceptors (Lipinski definition) is 9. The Morgan fingerprint density at radius 3 is 1.70 bits per heavy atom. The number of nitrogens with zero attached hydrogens (tertiary/aromatic N) is 1. The highest BCUT2D eigenvalue weighted by Crippen LogP contribution is 2.21. The predicted molar refractivity (Wildman–Crippen MR) is 209 cm³/mol. The number of H-pyrrole nitrogens is 3. The molecule has 0 saturated carbocycles. The van der Waals surface area contributed by atoms with Crippen molar-refractivity contribution in [1.29, 1.82) is 0 Å². The van der Waals surface area contributed by atoms with Crippen LogP contribution in [-0.4, -0.2) is 102 Å². The number of carbonyl (C=O) groups is 5. The van der Waals surface area contributed by atoms with Gasteiger partial charge < -0.3 is 57.3 Å². The Morgan fingerprint density at radius 2 is 1.14 bits per heavy atom. The van der Waals surface area contributed by atoms with Crippen molar-refractivity contribution in [3.05, 3.63) is 120 Å². The molecule has 0 bridgehead atoms. The molecule has 17 nitrogen and oxygen atoms in total. The van der Waals surface area contributed by atoms with Gasteiger partial charge in [0.05, 0.1) is 19.0 Å². The molecule has 0 aliphatic carbocycles. The summed E-state index contributed by atoms with van der Waals surface area (Å²) < 4.78 is 0. The highest BCUT2D eigenvalue weighted by molar-refractivity contribution is 5.96. The fourth-order valence-electron chi connectivity index (χ4n) is 6.54. The molecule has 0 unspecified atom stereocenters. The van der Waals surface area contributed by atoms with E-state index in [-0.39, 0.29) is 31.4 Å². The van der Waals surface area contributed by atoms with E-state index in [0.717, 1.165) is 21.8 Å². The smallest absolute Gasteiger partial charge is 0.326 e. The van der Waals surface area contributed by atoms with Gasteiger partial charge in [-0.15, -0.1) is 0 Å². The van der Waals surface area contributed by atoms with Crippen molar-refractivity contribution in [2.24, 2.45) is 5.73 Å². The van der Waals surface area contributed by atoms with Crippen LogP contribution in [-0.2, 0) is 49.7 Å². The lowest BCUT2D eigenvalue weighted by atomic mass is 10.0. The highest BCUT2D eigenvalue weighted by atomic mass is 16.4. The first kappa shape index (κ1) is 39.7. The number of nitrogens with two attached hydrogens (primary N) is 1. The second-order valence-corrected chi connectivity index (χ2v) is 13.7. The Balaban J connectivity index is 1.19. The first-order valence-corrected chi connectivity index (χ1v) is 18.1. The number of carbonyl (C=O) groups excluding carboxylic acids is 4. The Bertz CT molecular complexity index is 2340. The van der Waals surface area contributed by atoms with Crippen molar-refractivity contribution in [3.8, 4) is 5.75 Å². The molecule has 12 N–H and O–H groups in total. The Hall–Kier alpha value is -6.98. The molecule has 0 spiro atoms. The molecule has 3 heterocycles. The van der Waals surface area contributed by atoms with E-state index in [0.29, 0.717) is 22.4 Å². The molecule has 3 aromatic carbocycles. The van der Waals surface area contributed by atoms with Crippen molar-refractivity contribution in [1.82, 2.24) is 41.2 Å². The number of imidazole rings is 1. The predicted octanol–water partition coefficient (Wildman–Crippen LogP) is 0.692. The van der Waals surface area contributed by atoms with Crippen LogP contribution in [0.1, 0.15) is 22.4 Å². The number of hydrogen-bond donors (Lipinski definition) is 11. The Labute approximate surface area is 325 Å². The van der Waals surface area contributed by atoms with Gasteiger partial charge in [0.25, 0.3) is 0 Å². The largest absolute Gasteiger partial charge is 0.508 e. The quantitative estimate of drug-likeness (QED) is 0.0581. The molecule has 6 aromatic rings. The van der Waals surface area contributed by atoms with Gasteiger partial charge in [-0.3, -0.25) is 19.2 Å². The van der Waals surface area contributed by atoms with E-state index in [1.807, 2.05) is 48.5 Å². The minimum Gasteiger partial charge on any atom is -0.508 e. The van der Waals surface area contributed by atoms with E-state index >= 15 is 0 Å². The molecule has 5 atom stereocenters. The van der Waals surface area contributed by atoms with E-state index in [1.165, 1.54) is 36.8 Å². The van der Waals surface area contributed by atoms with Gasteiger partial charge in [-0.1, -0.05) is 48.5 Å². The van der Waals surface area contributed by atoms with Crippen molar-refractivity contribution in [2.75, 3.05) is 6.61 Å². The number of para-hydroxylation sites is 2. The molecule has 0 saturated heterocycles. The molecule has 6 rings (SSSR count). The van der Waals surface area contributed by atoms with Crippen molar-refractivity contribution < 1.29 is 39.3 Å². The Kier molecular flexibility index (Phi) is 12.6. The number of fused-ring (bicyclic) bond motifs is 2. The van der Waals surface area contributed by atoms with Crippen molar-refractivity contribution in [3.63, 3.8) is 0 Å². The van der Waals surface area contributed by atoms with E-state index in [9.17, 15) is 39.3 Å². The van der Waals surface area contributed by atoms with Gasteiger partial charge in [0, 0.05) is 71.8 Å². The maximum Gasteiger partial charge on any atom is 0.326 e. The van der Waals surface area contributed by atoms with Gasteiger partial charge in [0.15, 0.2) is 0 Å². The number of carboxylic acid groups (broad SMARTS) is 1. The van der Waals surface area contributed by atoms with Gasteiger partial charge in [0.1, 0.15) is 29.9 Å². The molecular formula is C40H43N9O8. The number of aromatic amines is 3. The van der Waals surface area contributed by atoms with Gasteiger partial charge >= 0.3 is 5.97 Å². The maximum absolute atomic E-state index is 13.9. The van der Waals surface area contributed by atoms with Crippen LogP contribution in [0.4, 0.5) is 0 Å². The third-order valence-corrected chi connectivity index (χ3v) is 9.60. The molecule has 296 valence electrons. The van der Waals surface area contributed by atoms with Gasteiger partial charge in [-0.25, -0.2) is 9.78 Å². The second kappa shape index (κ2) is 18.1. The number of aliphatic carboxylic acids is 1. The van der Waals surface area contributed by atoms with Crippen LogP contribution in [0.15, 0.2) is 97.7 Å². The lowest BCUT2D eigenvalue weighted by Crippen LogP contribution is -2.60. The molecule has 0 aliphatic rings. The minimum absolute atomic E-state index is 0.0168. The number of phenolic OH excluding ortho intramolecular Hbond substituents is 1. The van der Waals surface area contributed by atoms with Gasteiger partial charge in [0.2, 0.25) is 23.6 Å². The first-order valence-electron chi connectivity index (χ1n) is 18.1. The third kappa shape index (κ3) is 10.0. The van der Waals surface area contributed by atoms with Crippen molar-refractivity contribution >= 4 is 51.4 Å². The SMILES string of the molecule is N[C@@H](Cc1cnc[nH]1)C(=O)N[C@@H](Cc1c[nH]c2ccccc12)C(=O)N[C@@H](CO)C(=O)N[C@@H](Cc1ccc(O)cc1)C(=O)N[C@H](Cc1c[nH]c2ccccc12)C(=O)O. The standard InChI is InChI=1S/C40H43N9O8/c41-29(16-25-19-42-21-45-25)36(52)46-33(14-23-17-43-30-7-3-1-5-27(23)30)38(54)49-35(20-50)39(55)47-32(13-22-9-11-26(51)12-10-22)37(53)48-34(40(56)57)15-24-18-44-31-8-4-2-6-28(24)31/h1-12,17-19,21,29,32-35,43-44,50-51H,13-16,20,41H2,(H,42,45)(H,46,52)(H,47,55)(H,48,53)(H,49,54)(H,56,57)/t29-,32-,33-,34+,35-/m0/s1. The number of nitrogens with one attached hydrogen (secondary N) is 7. The van der Waals surface area contributed by atoms with Crippen LogP contribution in [0.3, 0.4) is 0 Å². The molecule has 0 fully saturated rings. The van der Waals surface area contributed by atoms with Crippen LogP contribution in [0, 0.1) is 0 Å². The fourth-order valence-corrected chi connectivity index (χ4v) is 6.54. The molecule has 0 aliphatic heterocycles. The summed E-state index contributed by atoms with van der Waals surface area (Å²) in [5.74, 6) is -4.62. The van der Waals surface area contributed by atoms with Crippen LogP contribution in [0.5, 0.6) is 5.75 Å². The molecular weight excluding hydrogens is 734 g/mol. The lowest BCUT2D eigenvalue weighted by Gasteiger charge is -2.26. The number of carboxylic acids is 1. The van der Waals surface area contributed by atoms with E-state index in [2.05, 4.69) is 41.2 Å². The lowest BCUT2D eigenvalue weighted by molar-refractivity contribution is -0.142. The zero-order chi connectivity index (χ0) is 40.5. The second-order valence-electron chi connectivity index (χ2n) is 13.7. The summed E-state index contributed by atoms with van der Waals surface area (Å²) >= 11 is 0. The molecule has 0 radical (unpaired) electrons. The number of aliphatic hydroxyl groups is 1. The summed E-state index contributed by atoms with van der Waals surface area (Å²) in [5.41, 5.74) is 10.2. The average molecular weight is 778 g/mol. The summed E-state index contributed by atoms with van der Waals surface area (Å²) in [5, 5.41) is 42.1. The highest BCUT2D eigenvalue weighted by Gasteiger charge is 2.33. The zero-order valence-electron chi connectivity index (χ0n) is 30.6. The number of rotatable bonds is 18. The minimum atomic E-state index is -1.60. The zero-order valence-corrected chi connectivity index (χ0v) is 30.6. The summed E-state index contributed by atoms with van der Waals surface area (Å²) in [4.78, 5) is 80.2. The summed E-state index contributed by atoms with van der Waals surface area (Å²) in [7, 11) is 0. The number of phenols is 1. The topological polar surface area (TPSA) is 280 Å². The van der Waals surface area contributed by atoms with Crippen LogP contribution in [0.2, 0.25) is 0 Å². The van der Waals surface area contributed by atoms with E-state index < -0.39 is 66.4 Å². The molecule has 17 heteroatoms. The average Bonchev–Trinajstić information content (AvgIpc) is 3.97. The number of aromatic hydroxyl groups is 1. The first-order chi connectivity index (χ1) is 27.5. The monoisotopic (exact) mass is 777 g/mol. The summed E-state index contributed by atoms with van der Waals surface area (Å²) in [6.45, 7) is -0.892. The fraction of sp³-hybridized carbons (Fsp3) is 0.250. The van der Waals surface area contributed by atoms with Crippen LogP contribution >= 0.6 is 0 Å². The molecule has 3 aromatic heterocycles. The normalized spacial score (nSPS) is 13.9. The number of aliphatic hydroxyl groups excluding tert-OH is 1. The van der Waals surface area contributed by atoms with Crippen LogP contribution < -0.4 is 27.0 Å². The van der Waals surface area contributed by atoms with Crippen LogP contribution in [0.25, 0.3) is 21.8 Å². The van der Waals surface area contributed by atoms with E-state index in [1.54, 1.807) is 12.4 Å². The third-order valence-electron chi connectivity index (χ3n) is 9.60. The van der Waals surface area contributed by atoms with Crippen molar-refractivity contribution in [2.45, 2.75) is 55.9 Å². The molecule has 4 amide bonds. The Morgan fingerprint density at radius 1 is 0.632 bits per heavy atom. The van der Waals surface area contributed by atoms with E-state index in [4.69, 9.17) is 5.73 Å². The number of amides is 4. The van der Waals surface area contributed by atoms with Gasteiger partial charge in [-0.2, -0.15) is 0 Å². The maximum atomic E-state index is 13.9. The number of aromatic nitrogens is 4. The number of benzene rings is 3. The molecule has 57 heavy (non-hydrogen) atoms.